The van der Waals surface area contributed by atoms with Crippen LogP contribution in [-0.4, -0.2) is 28.8 Å². The molecule has 0 aromatic heterocycles. The van der Waals surface area contributed by atoms with Crippen molar-refractivity contribution < 1.29 is 29.3 Å². The standard InChI is InChI=1S/C29H40O6/c1-5-7-9-10-12-18-34-22-14-15-23(27(31)32)26(20-22)35-28(33)24-19-21(13-16-25(24)30)29(3,4)17-11-8-6-2/h13-16,19-20,30H,5-12,17-18H2,1-4H3,(H,31,32). The summed E-state index contributed by atoms with van der Waals surface area (Å²) in [6.45, 7) is 9.03. The minimum Gasteiger partial charge on any atom is -0.507 e. The molecule has 0 bridgehead atoms. The highest BCUT2D eigenvalue weighted by Gasteiger charge is 2.25. The van der Waals surface area contributed by atoms with Gasteiger partial charge >= 0.3 is 11.9 Å². The second-order valence-electron chi connectivity index (χ2n) is 9.69. The number of carboxylic acids is 1. The second-order valence-corrected chi connectivity index (χ2v) is 9.69. The number of unbranched alkanes of at least 4 members (excludes halogenated alkanes) is 6. The number of phenols is 1. The number of hydrogen-bond donors (Lipinski definition) is 2. The van der Waals surface area contributed by atoms with Crippen molar-refractivity contribution >= 4 is 11.9 Å². The summed E-state index contributed by atoms with van der Waals surface area (Å²) in [6.07, 6.45) is 9.73. The van der Waals surface area contributed by atoms with Crippen LogP contribution in [0.3, 0.4) is 0 Å². The number of carbonyl (C=O) groups excluding carboxylic acids is 1. The zero-order valence-corrected chi connectivity index (χ0v) is 21.6. The van der Waals surface area contributed by atoms with Gasteiger partial charge in [0.1, 0.15) is 28.4 Å². The lowest BCUT2D eigenvalue weighted by molar-refractivity contribution is 0.0680. The molecule has 0 heterocycles. The smallest absolute Gasteiger partial charge is 0.347 e. The number of aromatic hydroxyl groups is 1. The fourth-order valence-corrected chi connectivity index (χ4v) is 3.99. The quantitative estimate of drug-likeness (QED) is 0.154. The SMILES string of the molecule is CCCCCCCOc1ccc(C(=O)O)c(OC(=O)c2cc(C(C)(C)CCCCC)ccc2O)c1. The number of rotatable bonds is 15. The third-order valence-corrected chi connectivity index (χ3v) is 6.31. The number of phenolic OH excluding ortho intramolecular Hbond substituents is 1. The minimum absolute atomic E-state index is 0.00431. The molecule has 0 aliphatic carbocycles. The molecule has 2 rings (SSSR count). The van der Waals surface area contributed by atoms with Gasteiger partial charge in [-0.25, -0.2) is 9.59 Å². The molecule has 0 saturated carbocycles. The van der Waals surface area contributed by atoms with E-state index in [0.29, 0.717) is 12.4 Å². The average molecular weight is 485 g/mol. The van der Waals surface area contributed by atoms with Gasteiger partial charge in [-0.1, -0.05) is 78.7 Å². The Bertz CT molecular complexity index is 979. The maximum Gasteiger partial charge on any atom is 0.347 e. The third-order valence-electron chi connectivity index (χ3n) is 6.31. The zero-order chi connectivity index (χ0) is 25.8. The first-order chi connectivity index (χ1) is 16.7. The number of benzene rings is 2. The van der Waals surface area contributed by atoms with Gasteiger partial charge in [0.25, 0.3) is 0 Å². The van der Waals surface area contributed by atoms with Crippen molar-refractivity contribution in [2.45, 2.75) is 90.9 Å². The van der Waals surface area contributed by atoms with Crippen LogP contribution >= 0.6 is 0 Å². The van der Waals surface area contributed by atoms with E-state index < -0.39 is 11.9 Å². The molecule has 0 saturated heterocycles. The predicted molar refractivity (Wildman–Crippen MR) is 138 cm³/mol. The van der Waals surface area contributed by atoms with Crippen LogP contribution in [0.25, 0.3) is 0 Å². The molecule has 2 N–H and O–H groups in total. The highest BCUT2D eigenvalue weighted by molar-refractivity contribution is 5.97. The van der Waals surface area contributed by atoms with E-state index in [1.165, 1.54) is 31.0 Å². The number of carbonyl (C=O) groups is 2. The molecule has 0 fully saturated rings. The van der Waals surface area contributed by atoms with Crippen molar-refractivity contribution in [1.29, 1.82) is 0 Å². The number of esters is 1. The molecule has 0 unspecified atom stereocenters. The maximum absolute atomic E-state index is 13.0. The molecule has 192 valence electrons. The summed E-state index contributed by atoms with van der Waals surface area (Å²) in [5, 5.41) is 19.9. The highest BCUT2D eigenvalue weighted by atomic mass is 16.5. The van der Waals surface area contributed by atoms with Crippen molar-refractivity contribution in [3.63, 3.8) is 0 Å². The van der Waals surface area contributed by atoms with Gasteiger partial charge in [-0.15, -0.1) is 0 Å². The normalized spacial score (nSPS) is 11.3. The first-order valence-electron chi connectivity index (χ1n) is 12.8. The van der Waals surface area contributed by atoms with E-state index in [-0.39, 0.29) is 28.0 Å². The molecular formula is C29H40O6. The molecule has 0 atom stereocenters. The van der Waals surface area contributed by atoms with Crippen LogP contribution in [0.4, 0.5) is 0 Å². The van der Waals surface area contributed by atoms with Crippen LogP contribution in [0.2, 0.25) is 0 Å². The molecule has 2 aromatic rings. The predicted octanol–water partition coefficient (Wildman–Crippen LogP) is 7.52. The van der Waals surface area contributed by atoms with E-state index in [2.05, 4.69) is 27.7 Å². The Hall–Kier alpha value is -3.02. The Morgan fingerprint density at radius 1 is 0.857 bits per heavy atom. The lowest BCUT2D eigenvalue weighted by Gasteiger charge is -2.26. The van der Waals surface area contributed by atoms with E-state index in [9.17, 15) is 19.8 Å². The van der Waals surface area contributed by atoms with Crippen LogP contribution in [0.15, 0.2) is 36.4 Å². The topological polar surface area (TPSA) is 93.1 Å². The molecule has 0 aliphatic rings. The molecule has 6 nitrogen and oxygen atoms in total. The van der Waals surface area contributed by atoms with Gasteiger partial charge in [-0.2, -0.15) is 0 Å². The molecule has 0 spiro atoms. The number of aromatic carboxylic acids is 1. The Kier molecular flexibility index (Phi) is 11.1. The molecule has 0 amide bonds. The van der Waals surface area contributed by atoms with Gasteiger partial charge in [-0.05, 0) is 48.1 Å². The Balaban J connectivity index is 2.19. The van der Waals surface area contributed by atoms with E-state index in [1.807, 2.05) is 6.07 Å². The first kappa shape index (κ1) is 28.2. The van der Waals surface area contributed by atoms with Crippen LogP contribution in [-0.2, 0) is 5.41 Å². The highest BCUT2D eigenvalue weighted by Crippen LogP contribution is 2.33. The van der Waals surface area contributed by atoms with E-state index in [4.69, 9.17) is 9.47 Å². The zero-order valence-electron chi connectivity index (χ0n) is 21.6. The molecular weight excluding hydrogens is 444 g/mol. The number of hydrogen-bond acceptors (Lipinski definition) is 5. The van der Waals surface area contributed by atoms with Crippen LogP contribution in [0, 0.1) is 0 Å². The van der Waals surface area contributed by atoms with E-state index >= 15 is 0 Å². The summed E-state index contributed by atoms with van der Waals surface area (Å²) in [4.78, 5) is 24.7. The average Bonchev–Trinajstić information content (AvgIpc) is 2.81. The fraction of sp³-hybridized carbons (Fsp3) is 0.517. The Morgan fingerprint density at radius 3 is 2.23 bits per heavy atom. The summed E-state index contributed by atoms with van der Waals surface area (Å²) < 4.78 is 11.2. The van der Waals surface area contributed by atoms with Crippen LogP contribution in [0.1, 0.15) is 112 Å². The van der Waals surface area contributed by atoms with Gasteiger partial charge < -0.3 is 19.7 Å². The van der Waals surface area contributed by atoms with Crippen LogP contribution in [0.5, 0.6) is 17.2 Å². The lowest BCUT2D eigenvalue weighted by Crippen LogP contribution is -2.19. The van der Waals surface area contributed by atoms with E-state index in [0.717, 1.165) is 50.5 Å². The van der Waals surface area contributed by atoms with Gasteiger partial charge in [0.15, 0.2) is 0 Å². The largest absolute Gasteiger partial charge is 0.507 e. The van der Waals surface area contributed by atoms with Gasteiger partial charge in [-0.3, -0.25) is 0 Å². The monoisotopic (exact) mass is 484 g/mol. The van der Waals surface area contributed by atoms with Crippen molar-refractivity contribution in [2.75, 3.05) is 6.61 Å². The Labute approximate surface area is 209 Å². The summed E-state index contributed by atoms with van der Waals surface area (Å²) in [6, 6.07) is 9.29. The van der Waals surface area contributed by atoms with Crippen molar-refractivity contribution in [2.24, 2.45) is 0 Å². The molecule has 0 aliphatic heterocycles. The first-order valence-corrected chi connectivity index (χ1v) is 12.8. The Morgan fingerprint density at radius 2 is 1.54 bits per heavy atom. The second kappa shape index (κ2) is 13.8. The third kappa shape index (κ3) is 8.61. The van der Waals surface area contributed by atoms with Gasteiger partial charge in [0.2, 0.25) is 0 Å². The van der Waals surface area contributed by atoms with Gasteiger partial charge in [0.05, 0.1) is 6.61 Å². The maximum atomic E-state index is 13.0. The lowest BCUT2D eigenvalue weighted by atomic mass is 9.79. The molecule has 6 heteroatoms. The van der Waals surface area contributed by atoms with Crippen molar-refractivity contribution in [3.8, 4) is 17.2 Å². The number of carboxylic acid groups (broad SMARTS) is 1. The fourth-order valence-electron chi connectivity index (χ4n) is 3.99. The molecule has 0 radical (unpaired) electrons. The molecule has 35 heavy (non-hydrogen) atoms. The van der Waals surface area contributed by atoms with E-state index in [1.54, 1.807) is 12.1 Å². The summed E-state index contributed by atoms with van der Waals surface area (Å²) in [5.74, 6) is -1.91. The minimum atomic E-state index is -1.21. The molecule has 2 aromatic carbocycles. The van der Waals surface area contributed by atoms with Gasteiger partial charge in [0, 0.05) is 6.07 Å². The summed E-state index contributed by atoms with van der Waals surface area (Å²) in [7, 11) is 0. The van der Waals surface area contributed by atoms with Crippen molar-refractivity contribution in [3.05, 3.63) is 53.1 Å². The summed E-state index contributed by atoms with van der Waals surface area (Å²) in [5.41, 5.74) is 0.584. The van der Waals surface area contributed by atoms with Crippen molar-refractivity contribution in [1.82, 2.24) is 0 Å². The summed E-state index contributed by atoms with van der Waals surface area (Å²) >= 11 is 0. The van der Waals surface area contributed by atoms with Crippen LogP contribution < -0.4 is 9.47 Å². The number of ether oxygens (including phenoxy) is 2.